The summed E-state index contributed by atoms with van der Waals surface area (Å²) in [6, 6.07) is 11.8. The van der Waals surface area contributed by atoms with Gasteiger partial charge in [0.25, 0.3) is 5.91 Å². The summed E-state index contributed by atoms with van der Waals surface area (Å²) < 4.78 is 5.14. The molecule has 4 rings (SSSR count). The van der Waals surface area contributed by atoms with Gasteiger partial charge in [-0.2, -0.15) is 0 Å². The topological polar surface area (TPSA) is 92.8 Å². The second-order valence-electron chi connectivity index (χ2n) is 8.48. The lowest BCUT2D eigenvalue weighted by Gasteiger charge is -2.19. The van der Waals surface area contributed by atoms with Crippen molar-refractivity contribution in [1.82, 2.24) is 0 Å². The van der Waals surface area contributed by atoms with Gasteiger partial charge in [0.1, 0.15) is 0 Å². The lowest BCUT2D eigenvalue weighted by atomic mass is 9.81. The number of rotatable bonds is 5. The minimum absolute atomic E-state index is 0.178. The van der Waals surface area contributed by atoms with Crippen LogP contribution in [0.2, 0.25) is 0 Å². The molecular weight excluding hydrogens is 408 g/mol. The number of esters is 1. The van der Waals surface area contributed by atoms with E-state index in [4.69, 9.17) is 4.74 Å². The second-order valence-corrected chi connectivity index (χ2v) is 8.48. The van der Waals surface area contributed by atoms with E-state index in [1.807, 2.05) is 26.0 Å². The van der Waals surface area contributed by atoms with Crippen molar-refractivity contribution < 1.29 is 23.9 Å². The Labute approximate surface area is 186 Å². The highest BCUT2D eigenvalue weighted by molar-refractivity contribution is 6.22. The molecule has 0 spiro atoms. The fourth-order valence-corrected chi connectivity index (χ4v) is 4.42. The molecule has 1 saturated carbocycles. The molecular formula is C25H26N2O5. The largest absolute Gasteiger partial charge is 0.452 e. The number of nitrogens with one attached hydrogen (secondary N) is 1. The molecule has 2 aliphatic rings. The Hall–Kier alpha value is -3.48. The van der Waals surface area contributed by atoms with Crippen LogP contribution in [-0.4, -0.2) is 30.3 Å². The summed E-state index contributed by atoms with van der Waals surface area (Å²) in [6.07, 6.45) is 3.35. The molecule has 0 aromatic heterocycles. The molecule has 7 nitrogen and oxygen atoms in total. The van der Waals surface area contributed by atoms with E-state index in [-0.39, 0.29) is 29.2 Å². The van der Waals surface area contributed by atoms with E-state index >= 15 is 0 Å². The van der Waals surface area contributed by atoms with Crippen LogP contribution in [-0.2, 0) is 19.1 Å². The molecule has 1 heterocycles. The monoisotopic (exact) mass is 434 g/mol. The highest BCUT2D eigenvalue weighted by Gasteiger charge is 2.48. The number of imide groups is 1. The molecule has 1 N–H and O–H groups in total. The van der Waals surface area contributed by atoms with Crippen LogP contribution >= 0.6 is 0 Å². The molecule has 0 bridgehead atoms. The average molecular weight is 434 g/mol. The number of anilines is 2. The summed E-state index contributed by atoms with van der Waals surface area (Å²) in [5.74, 6) is -2.07. The normalized spacial score (nSPS) is 20.1. The quantitative estimate of drug-likeness (QED) is 0.571. The fraction of sp³-hybridized carbons (Fsp3) is 0.360. The van der Waals surface area contributed by atoms with E-state index in [1.165, 1.54) is 17.0 Å². The average Bonchev–Trinajstić information content (AvgIpc) is 3.05. The van der Waals surface area contributed by atoms with Crippen molar-refractivity contribution in [2.75, 3.05) is 16.8 Å². The summed E-state index contributed by atoms with van der Waals surface area (Å²) >= 11 is 0. The zero-order valence-electron chi connectivity index (χ0n) is 18.2. The zero-order valence-corrected chi connectivity index (χ0v) is 18.2. The molecule has 0 radical (unpaired) electrons. The number of carbonyl (C=O) groups is 4. The van der Waals surface area contributed by atoms with Crippen LogP contribution in [0, 0.1) is 25.7 Å². The van der Waals surface area contributed by atoms with E-state index in [1.54, 1.807) is 18.2 Å². The van der Waals surface area contributed by atoms with Gasteiger partial charge < -0.3 is 10.1 Å². The summed E-state index contributed by atoms with van der Waals surface area (Å²) in [4.78, 5) is 51.5. The Morgan fingerprint density at radius 1 is 0.969 bits per heavy atom. The van der Waals surface area contributed by atoms with Gasteiger partial charge in [-0.3, -0.25) is 19.3 Å². The summed E-state index contributed by atoms with van der Waals surface area (Å²) in [5.41, 5.74) is 3.33. The maximum Gasteiger partial charge on any atom is 0.338 e. The summed E-state index contributed by atoms with van der Waals surface area (Å²) in [7, 11) is 0. The molecule has 2 aromatic carbocycles. The van der Waals surface area contributed by atoms with Crippen LogP contribution in [0.5, 0.6) is 0 Å². The maximum absolute atomic E-state index is 12.8. The van der Waals surface area contributed by atoms with Crippen molar-refractivity contribution in [3.05, 3.63) is 59.2 Å². The molecule has 3 amide bonds. The minimum Gasteiger partial charge on any atom is -0.452 e. The van der Waals surface area contributed by atoms with Crippen molar-refractivity contribution in [3.8, 4) is 0 Å². The van der Waals surface area contributed by atoms with Gasteiger partial charge >= 0.3 is 5.97 Å². The SMILES string of the molecule is Cc1ccc(NC(=O)COC(=O)c2cccc(N3C(=O)[C@@H]4CCCC[C@H]4C3=O)c2)cc1C. The van der Waals surface area contributed by atoms with Crippen molar-refractivity contribution in [1.29, 1.82) is 0 Å². The second kappa shape index (κ2) is 8.94. The lowest BCUT2D eigenvalue weighted by molar-refractivity contribution is -0.122. The molecule has 7 heteroatoms. The molecule has 166 valence electrons. The smallest absolute Gasteiger partial charge is 0.338 e. The first kappa shape index (κ1) is 21.7. The standard InChI is InChI=1S/C25H26N2O5/c1-15-10-11-18(12-16(15)2)26-22(28)14-32-25(31)17-6-5-7-19(13-17)27-23(29)20-8-3-4-9-21(20)24(27)30/h5-7,10-13,20-21H,3-4,8-9,14H2,1-2H3,(H,26,28)/t20-,21-/m1/s1. The van der Waals surface area contributed by atoms with Crippen LogP contribution in [0.25, 0.3) is 0 Å². The fourth-order valence-electron chi connectivity index (χ4n) is 4.42. The van der Waals surface area contributed by atoms with Crippen LogP contribution in [0.1, 0.15) is 47.2 Å². The van der Waals surface area contributed by atoms with Crippen molar-refractivity contribution in [2.24, 2.45) is 11.8 Å². The number of hydrogen-bond donors (Lipinski definition) is 1. The first-order valence-electron chi connectivity index (χ1n) is 10.9. The van der Waals surface area contributed by atoms with Crippen molar-refractivity contribution >= 4 is 35.1 Å². The number of carbonyl (C=O) groups excluding carboxylic acids is 4. The first-order chi connectivity index (χ1) is 15.3. The molecule has 1 aliphatic carbocycles. The third-order valence-corrected chi connectivity index (χ3v) is 6.31. The van der Waals surface area contributed by atoms with Crippen LogP contribution < -0.4 is 10.2 Å². The highest BCUT2D eigenvalue weighted by atomic mass is 16.5. The van der Waals surface area contributed by atoms with Gasteiger partial charge in [-0.15, -0.1) is 0 Å². The number of benzene rings is 2. The Morgan fingerprint density at radius 3 is 2.31 bits per heavy atom. The molecule has 2 atom stereocenters. The van der Waals surface area contributed by atoms with E-state index in [0.717, 1.165) is 36.8 Å². The molecule has 32 heavy (non-hydrogen) atoms. The van der Waals surface area contributed by atoms with Gasteiger partial charge in [0.2, 0.25) is 11.8 Å². The number of hydrogen-bond acceptors (Lipinski definition) is 5. The Balaban J connectivity index is 1.40. The Bertz CT molecular complexity index is 1070. The number of ether oxygens (including phenoxy) is 1. The highest BCUT2D eigenvalue weighted by Crippen LogP contribution is 2.40. The van der Waals surface area contributed by atoms with Gasteiger partial charge in [0.05, 0.1) is 23.1 Å². The molecule has 1 aliphatic heterocycles. The third kappa shape index (κ3) is 4.28. The Morgan fingerprint density at radius 2 is 1.66 bits per heavy atom. The maximum atomic E-state index is 12.8. The number of aryl methyl sites for hydroxylation is 2. The predicted molar refractivity (Wildman–Crippen MR) is 119 cm³/mol. The molecule has 2 aromatic rings. The molecule has 2 fully saturated rings. The van der Waals surface area contributed by atoms with Crippen molar-refractivity contribution in [2.45, 2.75) is 39.5 Å². The first-order valence-corrected chi connectivity index (χ1v) is 10.9. The predicted octanol–water partition coefficient (Wildman–Crippen LogP) is 3.78. The van der Waals surface area contributed by atoms with Gasteiger partial charge in [0, 0.05) is 5.69 Å². The van der Waals surface area contributed by atoms with Gasteiger partial charge in [-0.1, -0.05) is 25.0 Å². The lowest BCUT2D eigenvalue weighted by Crippen LogP contribution is -2.31. The van der Waals surface area contributed by atoms with Crippen LogP contribution in [0.4, 0.5) is 11.4 Å². The van der Waals surface area contributed by atoms with E-state index in [0.29, 0.717) is 11.4 Å². The van der Waals surface area contributed by atoms with Crippen molar-refractivity contribution in [3.63, 3.8) is 0 Å². The third-order valence-electron chi connectivity index (χ3n) is 6.31. The number of fused-ring (bicyclic) bond motifs is 1. The van der Waals surface area contributed by atoms with E-state index in [9.17, 15) is 19.2 Å². The Kier molecular flexibility index (Phi) is 6.08. The van der Waals surface area contributed by atoms with Crippen LogP contribution in [0.3, 0.4) is 0 Å². The van der Waals surface area contributed by atoms with Gasteiger partial charge in [-0.05, 0) is 68.1 Å². The number of amides is 3. The van der Waals surface area contributed by atoms with Gasteiger partial charge in [0.15, 0.2) is 6.61 Å². The molecule has 1 saturated heterocycles. The van der Waals surface area contributed by atoms with E-state index in [2.05, 4.69) is 5.32 Å². The number of nitrogens with zero attached hydrogens (tertiary/aromatic N) is 1. The summed E-state index contributed by atoms with van der Waals surface area (Å²) in [6.45, 7) is 3.48. The molecule has 0 unspecified atom stereocenters. The minimum atomic E-state index is -0.696. The van der Waals surface area contributed by atoms with Gasteiger partial charge in [-0.25, -0.2) is 4.79 Å². The van der Waals surface area contributed by atoms with Crippen LogP contribution in [0.15, 0.2) is 42.5 Å². The summed E-state index contributed by atoms with van der Waals surface area (Å²) in [5, 5.41) is 2.70. The zero-order chi connectivity index (χ0) is 22.8. The van der Waals surface area contributed by atoms with E-state index < -0.39 is 18.5 Å².